The molecule has 9 heteroatoms. The highest BCUT2D eigenvalue weighted by molar-refractivity contribution is 5.91. The van der Waals surface area contributed by atoms with Gasteiger partial charge in [-0.2, -0.15) is 13.2 Å². The van der Waals surface area contributed by atoms with E-state index >= 15 is 0 Å². The fourth-order valence-corrected chi connectivity index (χ4v) is 3.46. The molecule has 0 aliphatic carbocycles. The Morgan fingerprint density at radius 3 is 2.59 bits per heavy atom. The predicted molar refractivity (Wildman–Crippen MR) is 124 cm³/mol. The Morgan fingerprint density at radius 1 is 1.12 bits per heavy atom. The minimum absolute atomic E-state index is 0.224. The molecule has 2 aromatic carbocycles. The molecular formula is C25H26F3N3O3. The van der Waals surface area contributed by atoms with Gasteiger partial charge in [-0.1, -0.05) is 18.2 Å². The molecular weight excluding hydrogens is 447 g/mol. The molecule has 0 spiro atoms. The van der Waals surface area contributed by atoms with Crippen molar-refractivity contribution in [2.45, 2.75) is 19.3 Å². The molecule has 0 radical (unpaired) electrons. The Bertz CT molecular complexity index is 1140. The van der Waals surface area contributed by atoms with Crippen LogP contribution in [0.4, 0.5) is 23.7 Å². The summed E-state index contributed by atoms with van der Waals surface area (Å²) >= 11 is 0. The topological polar surface area (TPSA) is 55.7 Å². The minimum Gasteiger partial charge on any atom is -0.497 e. The number of halogens is 3. The van der Waals surface area contributed by atoms with Gasteiger partial charge in [0, 0.05) is 31.0 Å². The molecule has 1 N–H and O–H groups in total. The predicted octanol–water partition coefficient (Wildman–Crippen LogP) is 5.79. The van der Waals surface area contributed by atoms with Gasteiger partial charge in [0.25, 0.3) is 0 Å². The third kappa shape index (κ3) is 6.12. The van der Waals surface area contributed by atoms with Gasteiger partial charge in [0.05, 0.1) is 32.0 Å². The summed E-state index contributed by atoms with van der Waals surface area (Å²) in [5.41, 5.74) is 1.05. The maximum Gasteiger partial charge on any atom is 0.416 e. The number of hydrogen-bond donors (Lipinski definition) is 1. The van der Waals surface area contributed by atoms with Crippen LogP contribution in [0.5, 0.6) is 11.5 Å². The fourth-order valence-electron chi connectivity index (χ4n) is 3.46. The van der Waals surface area contributed by atoms with E-state index in [1.807, 2.05) is 10.6 Å². The SMILES string of the molecule is C=CCN(Cc1cccn1Cc1cccc(C(F)(F)F)c1)C(=O)Nc1ccc(OC)cc1OC. The maximum atomic E-state index is 13.1. The summed E-state index contributed by atoms with van der Waals surface area (Å²) in [5.74, 6) is 1.03. The van der Waals surface area contributed by atoms with Crippen LogP contribution < -0.4 is 14.8 Å². The Balaban J connectivity index is 1.77. The largest absolute Gasteiger partial charge is 0.497 e. The van der Waals surface area contributed by atoms with E-state index in [9.17, 15) is 18.0 Å². The highest BCUT2D eigenvalue weighted by atomic mass is 19.4. The molecule has 0 unspecified atom stereocenters. The lowest BCUT2D eigenvalue weighted by atomic mass is 10.1. The van der Waals surface area contributed by atoms with Crippen molar-refractivity contribution < 1.29 is 27.4 Å². The number of urea groups is 1. The van der Waals surface area contributed by atoms with E-state index in [4.69, 9.17) is 9.47 Å². The van der Waals surface area contributed by atoms with E-state index in [0.717, 1.165) is 17.8 Å². The van der Waals surface area contributed by atoms with Crippen LogP contribution in [0.25, 0.3) is 0 Å². The van der Waals surface area contributed by atoms with Gasteiger partial charge in [0.15, 0.2) is 0 Å². The van der Waals surface area contributed by atoms with Crippen molar-refractivity contribution in [2.24, 2.45) is 0 Å². The summed E-state index contributed by atoms with van der Waals surface area (Å²) in [5, 5.41) is 2.83. The van der Waals surface area contributed by atoms with Crippen LogP contribution in [0.1, 0.15) is 16.8 Å². The van der Waals surface area contributed by atoms with Crippen LogP contribution >= 0.6 is 0 Å². The monoisotopic (exact) mass is 473 g/mol. The van der Waals surface area contributed by atoms with Gasteiger partial charge in [-0.25, -0.2) is 4.79 Å². The molecule has 1 aromatic heterocycles. The van der Waals surface area contributed by atoms with Gasteiger partial charge < -0.3 is 24.3 Å². The summed E-state index contributed by atoms with van der Waals surface area (Å²) in [6.07, 6.45) is -1.03. The van der Waals surface area contributed by atoms with Crippen molar-refractivity contribution in [1.82, 2.24) is 9.47 Å². The van der Waals surface area contributed by atoms with Crippen LogP contribution in [-0.2, 0) is 19.3 Å². The minimum atomic E-state index is -4.41. The average Bonchev–Trinajstić information content (AvgIpc) is 3.25. The Hall–Kier alpha value is -3.88. The van der Waals surface area contributed by atoms with Crippen molar-refractivity contribution in [2.75, 3.05) is 26.1 Å². The number of benzene rings is 2. The Morgan fingerprint density at radius 2 is 1.91 bits per heavy atom. The third-order valence-corrected chi connectivity index (χ3v) is 5.17. The van der Waals surface area contributed by atoms with Gasteiger partial charge >= 0.3 is 12.2 Å². The van der Waals surface area contributed by atoms with Crippen LogP contribution in [0.3, 0.4) is 0 Å². The van der Waals surface area contributed by atoms with Gasteiger partial charge in [0.1, 0.15) is 11.5 Å². The summed E-state index contributed by atoms with van der Waals surface area (Å²) < 4.78 is 51.5. The van der Waals surface area contributed by atoms with E-state index in [-0.39, 0.29) is 25.7 Å². The molecule has 0 fully saturated rings. The number of hydrogen-bond acceptors (Lipinski definition) is 3. The van der Waals surface area contributed by atoms with Crippen LogP contribution in [0.15, 0.2) is 73.4 Å². The van der Waals surface area contributed by atoms with E-state index in [1.165, 1.54) is 25.2 Å². The standard InChI is InChI=1S/C25H26F3N3O3/c1-4-12-31(24(32)29-22-11-10-21(33-2)15-23(22)34-3)17-20-9-6-13-30(20)16-18-7-5-8-19(14-18)25(26,27)28/h4-11,13-15H,1,12,16-17H2,2-3H3,(H,29,32). The zero-order chi connectivity index (χ0) is 24.7. The highest BCUT2D eigenvalue weighted by Gasteiger charge is 2.30. The van der Waals surface area contributed by atoms with E-state index < -0.39 is 11.7 Å². The second kappa shape index (κ2) is 10.8. The van der Waals surface area contributed by atoms with Gasteiger partial charge in [-0.3, -0.25) is 0 Å². The number of methoxy groups -OCH3 is 2. The molecule has 3 rings (SSSR count). The first-order valence-electron chi connectivity index (χ1n) is 10.4. The summed E-state index contributed by atoms with van der Waals surface area (Å²) in [7, 11) is 3.03. The second-order valence-corrected chi connectivity index (χ2v) is 7.49. The molecule has 0 atom stereocenters. The normalized spacial score (nSPS) is 11.1. The number of alkyl halides is 3. The van der Waals surface area contributed by atoms with Crippen molar-refractivity contribution in [3.8, 4) is 11.5 Å². The van der Waals surface area contributed by atoms with Crippen LogP contribution in [0, 0.1) is 0 Å². The third-order valence-electron chi connectivity index (χ3n) is 5.17. The average molecular weight is 473 g/mol. The summed E-state index contributed by atoms with van der Waals surface area (Å²) in [4.78, 5) is 14.6. The molecule has 0 aliphatic rings. The number of amides is 2. The van der Waals surface area contributed by atoms with Crippen molar-refractivity contribution in [1.29, 1.82) is 0 Å². The quantitative estimate of drug-likeness (QED) is 0.400. The van der Waals surface area contributed by atoms with Crippen molar-refractivity contribution in [3.63, 3.8) is 0 Å². The molecule has 2 amide bonds. The molecule has 180 valence electrons. The van der Waals surface area contributed by atoms with E-state index in [2.05, 4.69) is 11.9 Å². The number of ether oxygens (including phenoxy) is 2. The molecule has 0 saturated heterocycles. The Kier molecular flexibility index (Phi) is 7.88. The zero-order valence-electron chi connectivity index (χ0n) is 18.9. The van der Waals surface area contributed by atoms with E-state index in [0.29, 0.717) is 22.7 Å². The van der Waals surface area contributed by atoms with Crippen LogP contribution in [-0.4, -0.2) is 36.3 Å². The Labute approximate surface area is 196 Å². The van der Waals surface area contributed by atoms with Gasteiger partial charge in [-0.05, 0) is 42.0 Å². The molecule has 1 heterocycles. The zero-order valence-corrected chi connectivity index (χ0v) is 18.9. The molecule has 6 nitrogen and oxygen atoms in total. The number of rotatable bonds is 9. The smallest absolute Gasteiger partial charge is 0.416 e. The van der Waals surface area contributed by atoms with Gasteiger partial charge in [-0.15, -0.1) is 6.58 Å². The lowest BCUT2D eigenvalue weighted by Gasteiger charge is -2.23. The molecule has 0 aliphatic heterocycles. The molecule has 0 bridgehead atoms. The number of carbonyl (C=O) groups is 1. The van der Waals surface area contributed by atoms with Crippen molar-refractivity contribution >= 4 is 11.7 Å². The number of aromatic nitrogens is 1. The fraction of sp³-hybridized carbons (Fsp3) is 0.240. The number of nitrogens with zero attached hydrogens (tertiary/aromatic N) is 2. The summed E-state index contributed by atoms with van der Waals surface area (Å²) in [6.45, 7) is 4.45. The number of nitrogens with one attached hydrogen (secondary N) is 1. The lowest BCUT2D eigenvalue weighted by molar-refractivity contribution is -0.137. The molecule has 3 aromatic rings. The first-order chi connectivity index (χ1) is 16.2. The molecule has 0 saturated carbocycles. The highest BCUT2D eigenvalue weighted by Crippen LogP contribution is 2.30. The molecule has 34 heavy (non-hydrogen) atoms. The first kappa shape index (κ1) is 24.8. The van der Waals surface area contributed by atoms with Crippen molar-refractivity contribution in [3.05, 3.63) is 90.3 Å². The number of anilines is 1. The maximum absolute atomic E-state index is 13.1. The van der Waals surface area contributed by atoms with E-state index in [1.54, 1.807) is 42.6 Å². The second-order valence-electron chi connectivity index (χ2n) is 7.49. The number of carbonyl (C=O) groups excluding carboxylic acids is 1. The van der Waals surface area contributed by atoms with Crippen LogP contribution in [0.2, 0.25) is 0 Å². The first-order valence-corrected chi connectivity index (χ1v) is 10.4. The summed E-state index contributed by atoms with van der Waals surface area (Å²) in [6, 6.07) is 13.5. The lowest BCUT2D eigenvalue weighted by Crippen LogP contribution is -2.35. The van der Waals surface area contributed by atoms with Gasteiger partial charge in [0.2, 0.25) is 0 Å².